The van der Waals surface area contributed by atoms with E-state index >= 15 is 0 Å². The Labute approximate surface area is 158 Å². The van der Waals surface area contributed by atoms with Gasteiger partial charge in [0.1, 0.15) is 18.0 Å². The summed E-state index contributed by atoms with van der Waals surface area (Å²) in [5.41, 5.74) is 1.86. The van der Waals surface area contributed by atoms with Gasteiger partial charge in [0.2, 0.25) is 5.95 Å². The molecule has 4 rings (SSSR count). The minimum atomic E-state index is -0.778. The highest BCUT2D eigenvalue weighted by atomic mass is 19.1. The van der Waals surface area contributed by atoms with Crippen molar-refractivity contribution in [2.75, 3.05) is 17.2 Å². The zero-order valence-electron chi connectivity index (χ0n) is 14.7. The highest BCUT2D eigenvalue weighted by Crippen LogP contribution is 2.33. The van der Waals surface area contributed by atoms with Crippen LogP contribution in [0.4, 0.5) is 37.6 Å². The molecule has 0 fully saturated rings. The van der Waals surface area contributed by atoms with Gasteiger partial charge in [-0.05, 0) is 36.8 Å². The molecule has 3 N–H and O–H groups in total. The molecule has 9 heteroatoms. The number of hydrogen-bond donors (Lipinski definition) is 3. The van der Waals surface area contributed by atoms with E-state index < -0.39 is 17.4 Å². The van der Waals surface area contributed by atoms with Crippen LogP contribution in [-0.2, 0) is 0 Å². The van der Waals surface area contributed by atoms with Crippen LogP contribution >= 0.6 is 0 Å². The number of ether oxygens (including phenoxy) is 1. The number of aliphatic imine (C=N–C) groups is 1. The molecule has 1 aromatic heterocycles. The van der Waals surface area contributed by atoms with E-state index in [2.05, 4.69) is 25.6 Å². The number of benzene rings is 2. The molecule has 0 atom stereocenters. The monoisotopic (exact) mass is 383 g/mol. The van der Waals surface area contributed by atoms with Crippen molar-refractivity contribution in [2.45, 2.75) is 6.92 Å². The Hall–Kier alpha value is -3.75. The Balaban J connectivity index is 1.58. The van der Waals surface area contributed by atoms with Crippen molar-refractivity contribution in [1.82, 2.24) is 9.97 Å². The molecule has 0 bridgehead atoms. The Morgan fingerprint density at radius 2 is 1.93 bits per heavy atom. The number of aryl methyl sites for hydroxylation is 1. The van der Waals surface area contributed by atoms with Gasteiger partial charge < -0.3 is 20.5 Å². The maximum Gasteiger partial charge on any atom is 0.229 e. The Morgan fingerprint density at radius 1 is 1.07 bits per heavy atom. The molecule has 1 aliphatic heterocycles. The first-order chi connectivity index (χ1) is 13.5. The van der Waals surface area contributed by atoms with Gasteiger partial charge in [0.25, 0.3) is 0 Å². The minimum Gasteiger partial charge on any atom is -0.505 e. The van der Waals surface area contributed by atoms with Crippen LogP contribution in [0.5, 0.6) is 11.5 Å². The largest absolute Gasteiger partial charge is 0.505 e. The van der Waals surface area contributed by atoms with E-state index in [1.165, 1.54) is 6.07 Å². The van der Waals surface area contributed by atoms with E-state index in [4.69, 9.17) is 4.74 Å². The smallest absolute Gasteiger partial charge is 0.229 e. The van der Waals surface area contributed by atoms with Crippen molar-refractivity contribution in [2.24, 2.45) is 4.99 Å². The summed E-state index contributed by atoms with van der Waals surface area (Å²) in [6.07, 6.45) is 2.64. The molecule has 0 amide bonds. The SMILES string of the molecule is Cc1cc(Nc2ncc(F)c(Nc3ccc4c(c3)N=CCO4)n2)cc(F)c1O. The van der Waals surface area contributed by atoms with Crippen LogP contribution in [0.15, 0.2) is 41.5 Å². The molecular formula is C19H15F2N5O2. The van der Waals surface area contributed by atoms with Gasteiger partial charge in [-0.3, -0.25) is 4.99 Å². The van der Waals surface area contributed by atoms with Gasteiger partial charge >= 0.3 is 0 Å². The number of phenols is 1. The molecule has 7 nitrogen and oxygen atoms in total. The van der Waals surface area contributed by atoms with Crippen molar-refractivity contribution in [3.63, 3.8) is 0 Å². The summed E-state index contributed by atoms with van der Waals surface area (Å²) in [7, 11) is 0. The summed E-state index contributed by atoms with van der Waals surface area (Å²) in [6, 6.07) is 7.78. The lowest BCUT2D eigenvalue weighted by molar-refractivity contribution is 0.377. The number of hydrogen-bond acceptors (Lipinski definition) is 7. The number of nitrogens with one attached hydrogen (secondary N) is 2. The summed E-state index contributed by atoms with van der Waals surface area (Å²) in [5.74, 6) is -1.21. The molecule has 2 heterocycles. The van der Waals surface area contributed by atoms with Gasteiger partial charge in [-0.1, -0.05) is 0 Å². The van der Waals surface area contributed by atoms with Crippen LogP contribution in [0.1, 0.15) is 5.56 Å². The van der Waals surface area contributed by atoms with Crippen molar-refractivity contribution < 1.29 is 18.6 Å². The summed E-state index contributed by atoms with van der Waals surface area (Å²) < 4.78 is 33.3. The average Bonchev–Trinajstić information content (AvgIpc) is 2.68. The Bertz CT molecular complexity index is 1060. The Kier molecular flexibility index (Phi) is 4.48. The third kappa shape index (κ3) is 3.54. The number of halogens is 2. The molecule has 2 aromatic carbocycles. The topological polar surface area (TPSA) is 91.7 Å². The second-order valence-electron chi connectivity index (χ2n) is 6.07. The fraction of sp³-hybridized carbons (Fsp3) is 0.105. The van der Waals surface area contributed by atoms with E-state index in [1.807, 2.05) is 0 Å². The third-order valence-electron chi connectivity index (χ3n) is 4.02. The zero-order valence-corrected chi connectivity index (χ0v) is 14.7. The summed E-state index contributed by atoms with van der Waals surface area (Å²) in [6.45, 7) is 1.97. The molecule has 0 saturated carbocycles. The van der Waals surface area contributed by atoms with Gasteiger partial charge in [0.05, 0.1) is 6.20 Å². The second kappa shape index (κ2) is 7.10. The van der Waals surface area contributed by atoms with Gasteiger partial charge in [-0.2, -0.15) is 4.98 Å². The number of anilines is 4. The maximum atomic E-state index is 14.2. The molecule has 0 saturated heterocycles. The number of aromatic hydroxyl groups is 1. The normalized spacial score (nSPS) is 12.2. The van der Waals surface area contributed by atoms with Gasteiger partial charge in [0, 0.05) is 23.7 Å². The molecular weight excluding hydrogens is 368 g/mol. The molecule has 0 spiro atoms. The first kappa shape index (κ1) is 17.7. The number of phenolic OH excluding ortho intramolecular Hbond substituents is 1. The van der Waals surface area contributed by atoms with E-state index in [-0.39, 0.29) is 11.8 Å². The lowest BCUT2D eigenvalue weighted by Crippen LogP contribution is -2.05. The quantitative estimate of drug-likeness (QED) is 0.580. The first-order valence-corrected chi connectivity index (χ1v) is 8.34. The Morgan fingerprint density at radius 3 is 2.75 bits per heavy atom. The number of nitrogens with zero attached hydrogens (tertiary/aromatic N) is 3. The standard InChI is InChI=1S/C19H15F2N5O2/c1-10-6-12(7-13(20)17(10)27)25-19-23-9-14(21)18(26-19)24-11-2-3-16-15(8-11)22-4-5-28-16/h2-4,6-9,27H,5H2,1H3,(H2,23,24,25,26). The predicted molar refractivity (Wildman–Crippen MR) is 101 cm³/mol. The van der Waals surface area contributed by atoms with Gasteiger partial charge in [-0.25, -0.2) is 13.8 Å². The molecule has 28 heavy (non-hydrogen) atoms. The summed E-state index contributed by atoms with van der Waals surface area (Å²) in [5, 5.41) is 15.2. The number of rotatable bonds is 4. The van der Waals surface area contributed by atoms with Gasteiger partial charge in [-0.15, -0.1) is 0 Å². The third-order valence-corrected chi connectivity index (χ3v) is 4.02. The molecule has 142 valence electrons. The fourth-order valence-electron chi connectivity index (χ4n) is 2.67. The second-order valence-corrected chi connectivity index (χ2v) is 6.07. The lowest BCUT2D eigenvalue weighted by Gasteiger charge is -2.14. The van der Waals surface area contributed by atoms with E-state index in [0.717, 1.165) is 12.3 Å². The predicted octanol–water partition coefficient (Wildman–Crippen LogP) is 4.35. The van der Waals surface area contributed by atoms with Crippen LogP contribution < -0.4 is 15.4 Å². The first-order valence-electron chi connectivity index (χ1n) is 8.34. The van der Waals surface area contributed by atoms with Crippen LogP contribution in [0, 0.1) is 18.6 Å². The van der Waals surface area contributed by atoms with E-state index in [9.17, 15) is 13.9 Å². The van der Waals surface area contributed by atoms with Crippen molar-refractivity contribution in [3.8, 4) is 11.5 Å². The van der Waals surface area contributed by atoms with Crippen molar-refractivity contribution in [1.29, 1.82) is 0 Å². The van der Waals surface area contributed by atoms with Crippen molar-refractivity contribution in [3.05, 3.63) is 53.7 Å². The van der Waals surface area contributed by atoms with Crippen LogP contribution in [0.3, 0.4) is 0 Å². The van der Waals surface area contributed by atoms with Crippen LogP contribution in [-0.4, -0.2) is 27.9 Å². The highest BCUT2D eigenvalue weighted by Gasteiger charge is 2.12. The van der Waals surface area contributed by atoms with Gasteiger partial charge in [0.15, 0.2) is 23.2 Å². The van der Waals surface area contributed by atoms with E-state index in [1.54, 1.807) is 31.3 Å². The molecule has 3 aromatic rings. The van der Waals surface area contributed by atoms with E-state index in [0.29, 0.717) is 35.0 Å². The summed E-state index contributed by atoms with van der Waals surface area (Å²) >= 11 is 0. The van der Waals surface area contributed by atoms with Crippen molar-refractivity contribution >= 4 is 35.0 Å². The minimum absolute atomic E-state index is 0.0610. The summed E-state index contributed by atoms with van der Waals surface area (Å²) in [4.78, 5) is 12.2. The number of fused-ring (bicyclic) bond motifs is 1. The highest BCUT2D eigenvalue weighted by molar-refractivity contribution is 5.74. The molecule has 1 aliphatic rings. The molecule has 0 radical (unpaired) electrons. The molecule has 0 aliphatic carbocycles. The lowest BCUT2D eigenvalue weighted by atomic mass is 10.2. The van der Waals surface area contributed by atoms with Crippen LogP contribution in [0.2, 0.25) is 0 Å². The number of aromatic nitrogens is 2. The fourth-order valence-corrected chi connectivity index (χ4v) is 2.67. The average molecular weight is 383 g/mol. The molecule has 0 unspecified atom stereocenters. The van der Waals surface area contributed by atoms with Crippen LogP contribution in [0.25, 0.3) is 0 Å². The maximum absolute atomic E-state index is 14.2. The zero-order chi connectivity index (χ0) is 19.7.